The Morgan fingerprint density at radius 1 is 1.50 bits per heavy atom. The second-order valence-corrected chi connectivity index (χ2v) is 3.43. The maximum atomic E-state index is 13.3. The van der Waals surface area contributed by atoms with E-state index in [1.165, 1.54) is 30.0 Å². The number of nitrogens with zero attached hydrogens (tertiary/aromatic N) is 3. The number of rotatable bonds is 1. The predicted octanol–water partition coefficient (Wildman–Crippen LogP) is 2.12. The third-order valence-corrected chi connectivity index (χ3v) is 2.23. The smallest absolute Gasteiger partial charge is 0.183 e. The summed E-state index contributed by atoms with van der Waals surface area (Å²) < 4.78 is 13.3. The van der Waals surface area contributed by atoms with Crippen LogP contribution in [0.4, 0.5) is 10.1 Å². The summed E-state index contributed by atoms with van der Waals surface area (Å²) in [6, 6.07) is 5.75. The van der Waals surface area contributed by atoms with Gasteiger partial charge in [-0.1, -0.05) is 11.8 Å². The Kier molecular flexibility index (Phi) is 4.31. The van der Waals surface area contributed by atoms with Gasteiger partial charge in [-0.05, 0) is 24.5 Å². The van der Waals surface area contributed by atoms with Gasteiger partial charge in [0.2, 0.25) is 0 Å². The van der Waals surface area contributed by atoms with Gasteiger partial charge in [0.1, 0.15) is 11.5 Å². The molecule has 16 heavy (non-hydrogen) atoms. The van der Waals surface area contributed by atoms with E-state index in [0.717, 1.165) is 0 Å². The highest BCUT2D eigenvalue weighted by Gasteiger charge is 2.04. The second-order valence-electron chi connectivity index (χ2n) is 2.64. The summed E-state index contributed by atoms with van der Waals surface area (Å²) in [5, 5.41) is 19.7. The van der Waals surface area contributed by atoms with Crippen molar-refractivity contribution in [1.82, 2.24) is 5.32 Å². The van der Waals surface area contributed by atoms with E-state index in [9.17, 15) is 4.39 Å². The molecule has 1 aromatic rings. The number of hydrogen-bond donors (Lipinski definition) is 1. The fourth-order valence-electron chi connectivity index (χ4n) is 0.950. The lowest BCUT2D eigenvalue weighted by Crippen LogP contribution is -2.12. The van der Waals surface area contributed by atoms with Crippen molar-refractivity contribution in [3.05, 3.63) is 29.6 Å². The van der Waals surface area contributed by atoms with Crippen molar-refractivity contribution in [3.63, 3.8) is 0 Å². The average Bonchev–Trinajstić information content (AvgIpc) is 2.31. The quantitative estimate of drug-likeness (QED) is 0.349. The summed E-state index contributed by atoms with van der Waals surface area (Å²) in [6.45, 7) is 0. The van der Waals surface area contributed by atoms with Crippen LogP contribution < -0.4 is 5.32 Å². The standard InChI is InChI=1S/C10H7FN4S/c1-16-10(14-6-13)15-9-4-7(5-12)2-3-8(9)11/h2-4H,1H3,(H,14,15). The highest BCUT2D eigenvalue weighted by Crippen LogP contribution is 2.20. The van der Waals surface area contributed by atoms with E-state index in [2.05, 4.69) is 10.3 Å². The van der Waals surface area contributed by atoms with Crippen LogP contribution in [0.3, 0.4) is 0 Å². The van der Waals surface area contributed by atoms with Gasteiger partial charge in [0, 0.05) is 0 Å². The molecule has 0 amide bonds. The molecular weight excluding hydrogens is 227 g/mol. The summed E-state index contributed by atoms with van der Waals surface area (Å²) in [7, 11) is 0. The molecule has 80 valence electrons. The van der Waals surface area contributed by atoms with Gasteiger partial charge in [-0.3, -0.25) is 5.32 Å². The van der Waals surface area contributed by atoms with Crippen LogP contribution in [0.2, 0.25) is 0 Å². The first kappa shape index (κ1) is 12.0. The number of hydrogen-bond acceptors (Lipinski definition) is 4. The van der Waals surface area contributed by atoms with Gasteiger partial charge in [-0.2, -0.15) is 10.5 Å². The molecule has 0 spiro atoms. The fraction of sp³-hybridized carbons (Fsp3) is 0.100. The highest BCUT2D eigenvalue weighted by atomic mass is 32.2. The molecule has 0 saturated heterocycles. The summed E-state index contributed by atoms with van der Waals surface area (Å²) in [4.78, 5) is 3.89. The first-order chi connectivity index (χ1) is 7.71. The molecule has 0 aliphatic carbocycles. The number of thioether (sulfide) groups is 1. The Balaban J connectivity index is 3.13. The normalized spacial score (nSPS) is 10.4. The highest BCUT2D eigenvalue weighted by molar-refractivity contribution is 8.13. The number of nitriles is 2. The lowest BCUT2D eigenvalue weighted by molar-refractivity contribution is 0.630. The fourth-order valence-corrected chi connectivity index (χ4v) is 1.29. The number of aliphatic imine (C=N–C) groups is 1. The van der Waals surface area contributed by atoms with Crippen LogP contribution in [-0.2, 0) is 0 Å². The predicted molar refractivity (Wildman–Crippen MR) is 60.5 cm³/mol. The van der Waals surface area contributed by atoms with E-state index in [-0.39, 0.29) is 10.9 Å². The molecule has 0 radical (unpaired) electrons. The second kappa shape index (κ2) is 5.74. The molecule has 0 heterocycles. The Bertz CT molecular complexity index is 499. The minimum absolute atomic E-state index is 0.0335. The Labute approximate surface area is 96.4 Å². The maximum absolute atomic E-state index is 13.3. The molecule has 0 aliphatic heterocycles. The average molecular weight is 234 g/mol. The van der Waals surface area contributed by atoms with Crippen LogP contribution >= 0.6 is 11.8 Å². The molecule has 1 N–H and O–H groups in total. The number of benzene rings is 1. The van der Waals surface area contributed by atoms with E-state index in [1.54, 1.807) is 12.4 Å². The molecule has 0 atom stereocenters. The summed E-state index contributed by atoms with van der Waals surface area (Å²) in [5.74, 6) is -0.537. The lowest BCUT2D eigenvalue weighted by Gasteiger charge is -2.01. The Morgan fingerprint density at radius 3 is 2.81 bits per heavy atom. The first-order valence-corrected chi connectivity index (χ1v) is 5.41. The minimum atomic E-state index is -0.537. The molecule has 4 nitrogen and oxygen atoms in total. The van der Waals surface area contributed by atoms with E-state index in [4.69, 9.17) is 10.5 Å². The zero-order chi connectivity index (χ0) is 12.0. The molecule has 0 aliphatic rings. The van der Waals surface area contributed by atoms with Crippen molar-refractivity contribution >= 4 is 22.6 Å². The molecule has 6 heteroatoms. The van der Waals surface area contributed by atoms with Crippen molar-refractivity contribution in [2.45, 2.75) is 0 Å². The van der Waals surface area contributed by atoms with Gasteiger partial charge >= 0.3 is 0 Å². The SMILES string of the molecule is CSC(=Nc1cc(C#N)ccc1F)NC#N. The molecule has 0 aromatic heterocycles. The van der Waals surface area contributed by atoms with Gasteiger partial charge in [0.25, 0.3) is 0 Å². The van der Waals surface area contributed by atoms with Gasteiger partial charge in [-0.15, -0.1) is 0 Å². The zero-order valence-electron chi connectivity index (χ0n) is 8.36. The van der Waals surface area contributed by atoms with Crippen LogP contribution in [-0.4, -0.2) is 11.4 Å². The maximum Gasteiger partial charge on any atom is 0.183 e. The largest absolute Gasteiger partial charge is 0.271 e. The van der Waals surface area contributed by atoms with Gasteiger partial charge < -0.3 is 0 Å². The molecule has 1 rings (SSSR count). The third-order valence-electron chi connectivity index (χ3n) is 1.65. The minimum Gasteiger partial charge on any atom is -0.271 e. The molecule has 0 saturated carbocycles. The molecule has 0 unspecified atom stereocenters. The van der Waals surface area contributed by atoms with Crippen molar-refractivity contribution < 1.29 is 4.39 Å². The van der Waals surface area contributed by atoms with Gasteiger partial charge in [0.15, 0.2) is 11.4 Å². The number of amidine groups is 1. The molecule has 1 aromatic carbocycles. The van der Waals surface area contributed by atoms with Crippen LogP contribution in [0, 0.1) is 28.6 Å². The van der Waals surface area contributed by atoms with E-state index < -0.39 is 5.82 Å². The molecular formula is C10H7FN4S. The van der Waals surface area contributed by atoms with Crippen LogP contribution in [0.25, 0.3) is 0 Å². The number of nitrogens with one attached hydrogen (secondary N) is 1. The third kappa shape index (κ3) is 2.97. The van der Waals surface area contributed by atoms with Crippen molar-refractivity contribution in [2.24, 2.45) is 4.99 Å². The molecule has 0 fully saturated rings. The van der Waals surface area contributed by atoms with Crippen LogP contribution in [0.1, 0.15) is 5.56 Å². The Hall–Kier alpha value is -2.05. The summed E-state index contributed by atoms with van der Waals surface area (Å²) in [6.07, 6.45) is 3.40. The Morgan fingerprint density at radius 2 is 2.25 bits per heavy atom. The number of halogens is 1. The molecule has 0 bridgehead atoms. The van der Waals surface area contributed by atoms with Crippen LogP contribution in [0.15, 0.2) is 23.2 Å². The van der Waals surface area contributed by atoms with Gasteiger partial charge in [-0.25, -0.2) is 9.38 Å². The first-order valence-electron chi connectivity index (χ1n) is 4.18. The summed E-state index contributed by atoms with van der Waals surface area (Å²) >= 11 is 1.18. The van der Waals surface area contributed by atoms with Crippen molar-refractivity contribution in [3.8, 4) is 12.3 Å². The van der Waals surface area contributed by atoms with Crippen molar-refractivity contribution in [2.75, 3.05) is 6.26 Å². The zero-order valence-corrected chi connectivity index (χ0v) is 9.18. The van der Waals surface area contributed by atoms with Gasteiger partial charge in [0.05, 0.1) is 11.6 Å². The monoisotopic (exact) mass is 234 g/mol. The van der Waals surface area contributed by atoms with E-state index in [0.29, 0.717) is 5.56 Å². The van der Waals surface area contributed by atoms with E-state index in [1.807, 2.05) is 6.07 Å². The summed E-state index contributed by atoms with van der Waals surface area (Å²) in [5.41, 5.74) is 0.351. The van der Waals surface area contributed by atoms with E-state index >= 15 is 0 Å². The lowest BCUT2D eigenvalue weighted by atomic mass is 10.2. The van der Waals surface area contributed by atoms with Crippen LogP contribution in [0.5, 0.6) is 0 Å². The topological polar surface area (TPSA) is 72.0 Å². The van der Waals surface area contributed by atoms with Crippen molar-refractivity contribution in [1.29, 1.82) is 10.5 Å².